The number of carboxylic acids is 1. The van der Waals surface area contributed by atoms with Crippen molar-refractivity contribution in [3.8, 4) is 0 Å². The lowest BCUT2D eigenvalue weighted by Gasteiger charge is -2.34. The van der Waals surface area contributed by atoms with Crippen molar-refractivity contribution in [2.24, 2.45) is 0 Å². The molecule has 2 fully saturated rings. The summed E-state index contributed by atoms with van der Waals surface area (Å²) in [6.45, 7) is 1.76. The third-order valence-corrected chi connectivity index (χ3v) is 5.24. The first-order valence-corrected chi connectivity index (χ1v) is 8.45. The number of thioether (sulfide) groups is 1. The van der Waals surface area contributed by atoms with Gasteiger partial charge in [0.1, 0.15) is 0 Å². The molecule has 0 radical (unpaired) electrons. The smallest absolute Gasteiger partial charge is 0.305 e. The van der Waals surface area contributed by atoms with Crippen molar-refractivity contribution in [1.29, 1.82) is 0 Å². The van der Waals surface area contributed by atoms with E-state index in [4.69, 9.17) is 9.84 Å². The molecule has 0 aliphatic carbocycles. The van der Waals surface area contributed by atoms with Gasteiger partial charge in [-0.2, -0.15) is 0 Å². The zero-order valence-electron chi connectivity index (χ0n) is 11.8. The van der Waals surface area contributed by atoms with Crippen molar-refractivity contribution in [1.82, 2.24) is 4.90 Å². The molecule has 0 aromatic heterocycles. The Hall–Kier alpha value is -0.750. The molecule has 2 aliphatic rings. The Bertz CT molecular complexity index is 336. The predicted molar refractivity (Wildman–Crippen MR) is 77.9 cm³/mol. The first-order chi connectivity index (χ1) is 9.66. The van der Waals surface area contributed by atoms with Crippen molar-refractivity contribution < 1.29 is 19.4 Å². The normalized spacial score (nSPS) is 24.6. The van der Waals surface area contributed by atoms with Crippen molar-refractivity contribution in [3.63, 3.8) is 0 Å². The molecule has 114 valence electrons. The number of hydrogen-bond acceptors (Lipinski definition) is 4. The van der Waals surface area contributed by atoms with Gasteiger partial charge in [-0.3, -0.25) is 9.59 Å². The fourth-order valence-corrected chi connectivity index (χ4v) is 3.98. The largest absolute Gasteiger partial charge is 0.481 e. The van der Waals surface area contributed by atoms with Crippen LogP contribution in [-0.4, -0.2) is 58.7 Å². The molecule has 0 spiro atoms. The number of likely N-dealkylation sites (tertiary alicyclic amines) is 1. The number of nitrogens with zero attached hydrogens (tertiary/aromatic N) is 1. The average Bonchev–Trinajstić information content (AvgIpc) is 2.48. The number of aliphatic carboxylic acids is 1. The maximum absolute atomic E-state index is 12.3. The van der Waals surface area contributed by atoms with Crippen LogP contribution >= 0.6 is 11.8 Å². The third-order valence-electron chi connectivity index (χ3n) is 3.88. The van der Waals surface area contributed by atoms with Gasteiger partial charge in [0.15, 0.2) is 0 Å². The zero-order valence-corrected chi connectivity index (χ0v) is 12.6. The predicted octanol–water partition coefficient (Wildman–Crippen LogP) is 1.75. The van der Waals surface area contributed by atoms with Crippen LogP contribution in [0.4, 0.5) is 0 Å². The van der Waals surface area contributed by atoms with E-state index in [0.717, 1.165) is 44.5 Å². The van der Waals surface area contributed by atoms with E-state index < -0.39 is 5.97 Å². The number of hydrogen-bond donors (Lipinski definition) is 1. The van der Waals surface area contributed by atoms with E-state index in [-0.39, 0.29) is 24.4 Å². The molecule has 2 aliphatic heterocycles. The summed E-state index contributed by atoms with van der Waals surface area (Å²) in [5.41, 5.74) is 0. The summed E-state index contributed by atoms with van der Waals surface area (Å²) in [5, 5.41) is 8.73. The van der Waals surface area contributed by atoms with Gasteiger partial charge in [0, 0.05) is 13.1 Å². The Morgan fingerprint density at radius 2 is 1.95 bits per heavy atom. The maximum atomic E-state index is 12.3. The lowest BCUT2D eigenvalue weighted by Crippen LogP contribution is -2.45. The maximum Gasteiger partial charge on any atom is 0.305 e. The van der Waals surface area contributed by atoms with Crippen LogP contribution in [0, 0.1) is 0 Å². The topological polar surface area (TPSA) is 66.8 Å². The molecule has 1 unspecified atom stereocenters. The number of carbonyl (C=O) groups excluding carboxylic acids is 1. The van der Waals surface area contributed by atoms with Crippen LogP contribution in [0.5, 0.6) is 0 Å². The summed E-state index contributed by atoms with van der Waals surface area (Å²) in [7, 11) is 0. The molecule has 0 aromatic carbocycles. The van der Waals surface area contributed by atoms with Crippen LogP contribution in [0.1, 0.15) is 38.5 Å². The Morgan fingerprint density at radius 1 is 1.20 bits per heavy atom. The fourth-order valence-electron chi connectivity index (χ4n) is 2.69. The summed E-state index contributed by atoms with van der Waals surface area (Å²) in [5.74, 6) is 0.566. The van der Waals surface area contributed by atoms with Crippen LogP contribution in [0.25, 0.3) is 0 Å². The molecular formula is C14H23NO4S. The summed E-state index contributed by atoms with van der Waals surface area (Å²) in [6, 6.07) is 0. The number of ether oxygens (including phenoxy) is 1. The fraction of sp³-hybridized carbons (Fsp3) is 0.857. The lowest BCUT2D eigenvalue weighted by atomic mass is 10.1. The van der Waals surface area contributed by atoms with E-state index in [9.17, 15) is 9.59 Å². The van der Waals surface area contributed by atoms with Gasteiger partial charge in [0.2, 0.25) is 5.91 Å². The van der Waals surface area contributed by atoms with Crippen molar-refractivity contribution >= 4 is 23.6 Å². The number of carboxylic acid groups (broad SMARTS) is 1. The number of carbonyl (C=O) groups is 2. The highest BCUT2D eigenvalue weighted by Gasteiger charge is 2.29. The summed E-state index contributed by atoms with van der Waals surface area (Å²) in [6.07, 6.45) is 5.21. The molecule has 5 nitrogen and oxygen atoms in total. The minimum absolute atomic E-state index is 0.0534. The SMILES string of the molecule is O=C(O)CCOC1CCN(C(=O)C2CCCCS2)CC1. The van der Waals surface area contributed by atoms with E-state index in [2.05, 4.69) is 0 Å². The van der Waals surface area contributed by atoms with Crippen molar-refractivity contribution in [2.45, 2.75) is 49.9 Å². The molecule has 1 amide bonds. The molecule has 0 aromatic rings. The molecule has 2 saturated heterocycles. The Kier molecular flexibility index (Phi) is 6.16. The minimum Gasteiger partial charge on any atom is -0.481 e. The third kappa shape index (κ3) is 4.66. The Morgan fingerprint density at radius 3 is 2.55 bits per heavy atom. The second-order valence-corrected chi connectivity index (χ2v) is 6.71. The summed E-state index contributed by atoms with van der Waals surface area (Å²) in [4.78, 5) is 24.7. The van der Waals surface area contributed by atoms with E-state index in [0.29, 0.717) is 5.91 Å². The highest BCUT2D eigenvalue weighted by Crippen LogP contribution is 2.27. The van der Waals surface area contributed by atoms with Gasteiger partial charge in [-0.05, 0) is 31.4 Å². The van der Waals surface area contributed by atoms with E-state index in [1.807, 2.05) is 4.90 Å². The standard InChI is InChI=1S/C14H23NO4S/c16-13(17)6-9-19-11-4-7-15(8-5-11)14(18)12-3-1-2-10-20-12/h11-12H,1-10H2,(H,16,17). The number of rotatable bonds is 5. The highest BCUT2D eigenvalue weighted by molar-refractivity contribution is 8.00. The second-order valence-electron chi connectivity index (χ2n) is 5.39. The average molecular weight is 301 g/mol. The van der Waals surface area contributed by atoms with Gasteiger partial charge in [0.05, 0.1) is 24.4 Å². The van der Waals surface area contributed by atoms with Gasteiger partial charge in [-0.15, -0.1) is 11.8 Å². The minimum atomic E-state index is -0.827. The van der Waals surface area contributed by atoms with Gasteiger partial charge in [-0.1, -0.05) is 6.42 Å². The van der Waals surface area contributed by atoms with Crippen molar-refractivity contribution in [3.05, 3.63) is 0 Å². The first-order valence-electron chi connectivity index (χ1n) is 7.40. The first kappa shape index (κ1) is 15.6. The van der Waals surface area contributed by atoms with Crippen LogP contribution in [0.2, 0.25) is 0 Å². The van der Waals surface area contributed by atoms with E-state index in [1.165, 1.54) is 6.42 Å². The molecule has 6 heteroatoms. The monoisotopic (exact) mass is 301 g/mol. The van der Waals surface area contributed by atoms with Crippen molar-refractivity contribution in [2.75, 3.05) is 25.4 Å². The molecule has 1 N–H and O–H groups in total. The van der Waals surface area contributed by atoms with Crippen LogP contribution in [0.15, 0.2) is 0 Å². The molecule has 2 rings (SSSR count). The van der Waals surface area contributed by atoms with Crippen LogP contribution in [-0.2, 0) is 14.3 Å². The summed E-state index contributed by atoms with van der Waals surface area (Å²) >= 11 is 1.80. The highest BCUT2D eigenvalue weighted by atomic mass is 32.2. The molecular weight excluding hydrogens is 278 g/mol. The molecule has 20 heavy (non-hydrogen) atoms. The molecule has 2 heterocycles. The number of piperidine rings is 1. The number of amides is 1. The molecule has 0 saturated carbocycles. The van der Waals surface area contributed by atoms with Gasteiger partial charge < -0.3 is 14.7 Å². The van der Waals surface area contributed by atoms with Gasteiger partial charge >= 0.3 is 5.97 Å². The van der Waals surface area contributed by atoms with Gasteiger partial charge in [0.25, 0.3) is 0 Å². The summed E-state index contributed by atoms with van der Waals surface area (Å²) < 4.78 is 5.54. The Balaban J connectivity index is 1.68. The molecule has 1 atom stereocenters. The lowest BCUT2D eigenvalue weighted by molar-refractivity contribution is -0.139. The zero-order chi connectivity index (χ0) is 14.4. The van der Waals surface area contributed by atoms with Crippen LogP contribution in [0.3, 0.4) is 0 Å². The van der Waals surface area contributed by atoms with Crippen LogP contribution < -0.4 is 0 Å². The molecule has 0 bridgehead atoms. The van der Waals surface area contributed by atoms with E-state index in [1.54, 1.807) is 11.8 Å². The quantitative estimate of drug-likeness (QED) is 0.838. The Labute approximate surface area is 124 Å². The van der Waals surface area contributed by atoms with Gasteiger partial charge in [-0.25, -0.2) is 0 Å². The van der Waals surface area contributed by atoms with E-state index >= 15 is 0 Å². The second kappa shape index (κ2) is 7.88.